The summed E-state index contributed by atoms with van der Waals surface area (Å²) in [6.07, 6.45) is 1.37. The van der Waals surface area contributed by atoms with Crippen molar-refractivity contribution in [3.8, 4) is 0 Å². The summed E-state index contributed by atoms with van der Waals surface area (Å²) in [5.41, 5.74) is 0. The van der Waals surface area contributed by atoms with Crippen LogP contribution in [0.4, 0.5) is 0 Å². The Balaban J connectivity index is 2.03. The number of pyridine rings is 1. The van der Waals surface area contributed by atoms with Crippen LogP contribution >= 0.6 is 11.6 Å². The van der Waals surface area contributed by atoms with Crippen LogP contribution in [-0.4, -0.2) is 68.3 Å². The third-order valence-electron chi connectivity index (χ3n) is 3.31. The summed E-state index contributed by atoms with van der Waals surface area (Å²) in [4.78, 5) is 17.2. The molecule has 1 aliphatic rings. The van der Waals surface area contributed by atoms with E-state index in [-0.39, 0.29) is 22.5 Å². The molecular formula is C12H17ClN4O3S. The molecule has 0 unspecified atom stereocenters. The smallest absolute Gasteiger partial charge is 0.243 e. The fourth-order valence-corrected chi connectivity index (χ4v) is 3.78. The fourth-order valence-electron chi connectivity index (χ4n) is 2.10. The van der Waals surface area contributed by atoms with Crippen LogP contribution in [0.25, 0.3) is 0 Å². The molecule has 0 saturated carbocycles. The molecule has 0 atom stereocenters. The summed E-state index contributed by atoms with van der Waals surface area (Å²) < 4.78 is 26.3. The van der Waals surface area contributed by atoms with Crippen LogP contribution in [0, 0.1) is 0 Å². The number of nitrogens with zero attached hydrogens (tertiary/aromatic N) is 3. The molecule has 1 N–H and O–H groups in total. The quantitative estimate of drug-likeness (QED) is 0.771. The molecule has 1 aliphatic heterocycles. The number of halogens is 1. The Kier molecular flexibility index (Phi) is 5.15. The summed E-state index contributed by atoms with van der Waals surface area (Å²) in [7, 11) is -1.98. The molecule has 116 valence electrons. The first kappa shape index (κ1) is 16.2. The van der Waals surface area contributed by atoms with Gasteiger partial charge in [0.15, 0.2) is 0 Å². The lowest BCUT2D eigenvalue weighted by molar-refractivity contribution is -0.122. The van der Waals surface area contributed by atoms with E-state index in [0.29, 0.717) is 26.2 Å². The van der Waals surface area contributed by atoms with Crippen molar-refractivity contribution in [1.29, 1.82) is 0 Å². The Labute approximate surface area is 128 Å². The summed E-state index contributed by atoms with van der Waals surface area (Å²) in [5.74, 6) is -0.0766. The van der Waals surface area contributed by atoms with Gasteiger partial charge < -0.3 is 5.32 Å². The third kappa shape index (κ3) is 3.91. The summed E-state index contributed by atoms with van der Waals surface area (Å²) in [5, 5.41) is 2.70. The van der Waals surface area contributed by atoms with Crippen molar-refractivity contribution < 1.29 is 13.2 Å². The van der Waals surface area contributed by atoms with Crippen LogP contribution in [0.3, 0.4) is 0 Å². The molecule has 1 saturated heterocycles. The van der Waals surface area contributed by atoms with Crippen LogP contribution in [0.5, 0.6) is 0 Å². The van der Waals surface area contributed by atoms with Crippen LogP contribution in [0.1, 0.15) is 0 Å². The topological polar surface area (TPSA) is 82.6 Å². The Morgan fingerprint density at radius 1 is 1.38 bits per heavy atom. The summed E-state index contributed by atoms with van der Waals surface area (Å²) in [6.45, 7) is 2.01. The molecule has 7 nitrogen and oxygen atoms in total. The van der Waals surface area contributed by atoms with Gasteiger partial charge >= 0.3 is 0 Å². The molecule has 0 aliphatic carbocycles. The van der Waals surface area contributed by atoms with E-state index in [1.165, 1.54) is 22.6 Å². The van der Waals surface area contributed by atoms with E-state index in [2.05, 4.69) is 10.3 Å². The Morgan fingerprint density at radius 3 is 2.62 bits per heavy atom. The molecule has 1 amide bonds. The lowest BCUT2D eigenvalue weighted by atomic mass is 10.3. The first-order chi connectivity index (χ1) is 9.93. The lowest BCUT2D eigenvalue weighted by Gasteiger charge is -2.33. The monoisotopic (exact) mass is 332 g/mol. The number of likely N-dealkylation sites (N-methyl/N-ethyl adjacent to an activating group) is 1. The number of amides is 1. The minimum absolute atomic E-state index is 0.0766. The summed E-state index contributed by atoms with van der Waals surface area (Å²) >= 11 is 5.74. The zero-order chi connectivity index (χ0) is 15.5. The van der Waals surface area contributed by atoms with E-state index in [1.807, 2.05) is 4.90 Å². The fraction of sp³-hybridized carbons (Fsp3) is 0.500. The number of hydrogen-bond acceptors (Lipinski definition) is 5. The van der Waals surface area contributed by atoms with Gasteiger partial charge in [-0.05, 0) is 12.1 Å². The highest BCUT2D eigenvalue weighted by Crippen LogP contribution is 2.19. The molecule has 21 heavy (non-hydrogen) atoms. The maximum absolute atomic E-state index is 12.5. The van der Waals surface area contributed by atoms with Gasteiger partial charge in [-0.25, -0.2) is 13.4 Å². The van der Waals surface area contributed by atoms with Crippen LogP contribution < -0.4 is 5.32 Å². The maximum Gasteiger partial charge on any atom is 0.243 e. The average molecular weight is 333 g/mol. The number of aromatic nitrogens is 1. The van der Waals surface area contributed by atoms with Gasteiger partial charge in [-0.1, -0.05) is 11.6 Å². The Hall–Kier alpha value is -1.22. The molecule has 9 heteroatoms. The van der Waals surface area contributed by atoms with Gasteiger partial charge in [0.1, 0.15) is 5.15 Å². The molecule has 0 bridgehead atoms. The molecule has 1 aromatic heterocycles. The van der Waals surface area contributed by atoms with E-state index >= 15 is 0 Å². The van der Waals surface area contributed by atoms with Crippen LogP contribution in [0.2, 0.25) is 5.15 Å². The molecule has 2 rings (SSSR count). The number of nitrogens with one attached hydrogen (secondary N) is 1. The van der Waals surface area contributed by atoms with Crippen molar-refractivity contribution in [1.82, 2.24) is 19.5 Å². The first-order valence-electron chi connectivity index (χ1n) is 6.48. The van der Waals surface area contributed by atoms with E-state index in [0.717, 1.165) is 0 Å². The number of carbonyl (C=O) groups excluding carboxylic acids is 1. The van der Waals surface area contributed by atoms with Crippen molar-refractivity contribution in [2.24, 2.45) is 0 Å². The summed E-state index contributed by atoms with van der Waals surface area (Å²) in [6, 6.07) is 2.77. The van der Waals surface area contributed by atoms with Gasteiger partial charge in [0.25, 0.3) is 0 Å². The molecule has 0 spiro atoms. The highest BCUT2D eigenvalue weighted by atomic mass is 35.5. The molecule has 2 heterocycles. The molecule has 1 aromatic rings. The van der Waals surface area contributed by atoms with Gasteiger partial charge in [0.2, 0.25) is 15.9 Å². The average Bonchev–Trinajstić information content (AvgIpc) is 2.47. The number of piperazine rings is 1. The van der Waals surface area contributed by atoms with Crippen LogP contribution in [0.15, 0.2) is 23.2 Å². The highest BCUT2D eigenvalue weighted by molar-refractivity contribution is 7.89. The molecule has 1 fully saturated rings. The van der Waals surface area contributed by atoms with Gasteiger partial charge in [0.05, 0.1) is 11.4 Å². The molecular weight excluding hydrogens is 316 g/mol. The van der Waals surface area contributed by atoms with E-state index in [9.17, 15) is 13.2 Å². The predicted octanol–water partition coefficient (Wildman–Crippen LogP) is -0.213. The van der Waals surface area contributed by atoms with Crippen molar-refractivity contribution in [3.63, 3.8) is 0 Å². The lowest BCUT2D eigenvalue weighted by Crippen LogP contribution is -2.50. The first-order valence-corrected chi connectivity index (χ1v) is 8.30. The third-order valence-corrected chi connectivity index (χ3v) is 5.41. The van der Waals surface area contributed by atoms with Crippen LogP contribution in [-0.2, 0) is 14.8 Å². The van der Waals surface area contributed by atoms with Crippen molar-refractivity contribution in [2.75, 3.05) is 39.8 Å². The SMILES string of the molecule is CNC(=O)CN1CCN(S(=O)(=O)c2ccnc(Cl)c2)CC1. The maximum atomic E-state index is 12.5. The van der Waals surface area contributed by atoms with Gasteiger partial charge in [0, 0.05) is 39.4 Å². The van der Waals surface area contributed by atoms with E-state index < -0.39 is 10.0 Å². The number of hydrogen-bond donors (Lipinski definition) is 1. The predicted molar refractivity (Wildman–Crippen MR) is 78.5 cm³/mol. The minimum Gasteiger partial charge on any atom is -0.358 e. The standard InChI is InChI=1S/C12H17ClN4O3S/c1-14-12(18)9-16-4-6-17(7-5-16)21(19,20)10-2-3-15-11(13)8-10/h2-3,8H,4-7,9H2,1H3,(H,14,18). The second-order valence-electron chi connectivity index (χ2n) is 4.67. The van der Waals surface area contributed by atoms with Gasteiger partial charge in [-0.15, -0.1) is 0 Å². The Morgan fingerprint density at radius 2 is 2.05 bits per heavy atom. The highest BCUT2D eigenvalue weighted by Gasteiger charge is 2.29. The number of carbonyl (C=O) groups is 1. The van der Waals surface area contributed by atoms with Gasteiger partial charge in [-0.2, -0.15) is 4.31 Å². The normalized spacial score (nSPS) is 17.6. The number of sulfonamides is 1. The van der Waals surface area contributed by atoms with Crippen molar-refractivity contribution >= 4 is 27.5 Å². The second kappa shape index (κ2) is 6.69. The molecule has 0 radical (unpaired) electrons. The van der Waals surface area contributed by atoms with Gasteiger partial charge in [-0.3, -0.25) is 9.69 Å². The second-order valence-corrected chi connectivity index (χ2v) is 6.99. The minimum atomic E-state index is -3.56. The van der Waals surface area contributed by atoms with Crippen molar-refractivity contribution in [3.05, 3.63) is 23.5 Å². The zero-order valence-corrected chi connectivity index (χ0v) is 13.2. The number of rotatable bonds is 4. The van der Waals surface area contributed by atoms with Crippen molar-refractivity contribution in [2.45, 2.75) is 4.90 Å². The largest absolute Gasteiger partial charge is 0.358 e. The zero-order valence-electron chi connectivity index (χ0n) is 11.6. The van der Waals surface area contributed by atoms with E-state index in [1.54, 1.807) is 7.05 Å². The Bertz CT molecular complexity index is 615. The van der Waals surface area contributed by atoms with E-state index in [4.69, 9.17) is 11.6 Å². The molecule has 0 aromatic carbocycles.